The van der Waals surface area contributed by atoms with Crippen LogP contribution in [-0.4, -0.2) is 32.2 Å². The van der Waals surface area contributed by atoms with Gasteiger partial charge in [-0.3, -0.25) is 4.79 Å². The van der Waals surface area contributed by atoms with Crippen LogP contribution in [-0.2, 0) is 20.9 Å². The van der Waals surface area contributed by atoms with Crippen molar-refractivity contribution in [3.63, 3.8) is 0 Å². The third kappa shape index (κ3) is 4.50. The van der Waals surface area contributed by atoms with Crippen LogP contribution in [0.5, 0.6) is 5.75 Å². The van der Waals surface area contributed by atoms with Gasteiger partial charge in [0, 0.05) is 23.2 Å². The molecule has 28 heavy (non-hydrogen) atoms. The molecule has 2 aromatic carbocycles. The van der Waals surface area contributed by atoms with Crippen LogP contribution in [0.2, 0.25) is 0 Å². The number of nitrogens with one attached hydrogen (secondary N) is 1. The Labute approximate surface area is 162 Å². The van der Waals surface area contributed by atoms with E-state index in [0.717, 1.165) is 5.39 Å². The summed E-state index contributed by atoms with van der Waals surface area (Å²) in [5.74, 6) is -0.445. The van der Waals surface area contributed by atoms with Crippen molar-refractivity contribution in [2.75, 3.05) is 25.6 Å². The number of para-hydroxylation sites is 1. The summed E-state index contributed by atoms with van der Waals surface area (Å²) in [5, 5.41) is 3.43. The summed E-state index contributed by atoms with van der Waals surface area (Å²) < 4.78 is 21.3. The Morgan fingerprint density at radius 2 is 1.82 bits per heavy atom. The van der Waals surface area contributed by atoms with E-state index in [0.29, 0.717) is 29.2 Å². The molecule has 0 aliphatic carbocycles. The summed E-state index contributed by atoms with van der Waals surface area (Å²) in [6.45, 7) is 2.15. The van der Waals surface area contributed by atoms with Crippen LogP contribution in [0, 0.1) is 0 Å². The van der Waals surface area contributed by atoms with Gasteiger partial charge < -0.3 is 23.9 Å². The number of hydrogen-bond acceptors (Lipinski definition) is 6. The first kappa shape index (κ1) is 19.4. The standard InChI is InChI=1S/C21H21NO6/c1-3-26-12-17-16-6-4-5-7-18(16)28-20(17)21(24)27-13-19(23)22-14-8-10-15(25-2)11-9-14/h4-11H,3,12-13H2,1-2H3,(H,22,23). The molecule has 0 spiro atoms. The Bertz CT molecular complexity index is 961. The molecule has 0 saturated carbocycles. The first-order valence-corrected chi connectivity index (χ1v) is 8.81. The Balaban J connectivity index is 1.66. The van der Waals surface area contributed by atoms with E-state index in [1.807, 2.05) is 25.1 Å². The van der Waals surface area contributed by atoms with Gasteiger partial charge in [0.2, 0.25) is 5.76 Å². The van der Waals surface area contributed by atoms with Gasteiger partial charge in [0.1, 0.15) is 11.3 Å². The number of ether oxygens (including phenoxy) is 3. The number of carbonyl (C=O) groups is 2. The summed E-state index contributed by atoms with van der Waals surface area (Å²) in [4.78, 5) is 24.5. The van der Waals surface area contributed by atoms with Gasteiger partial charge in [-0.1, -0.05) is 18.2 Å². The van der Waals surface area contributed by atoms with Gasteiger partial charge in [-0.2, -0.15) is 0 Å². The smallest absolute Gasteiger partial charge is 0.375 e. The number of methoxy groups -OCH3 is 1. The average Bonchev–Trinajstić information content (AvgIpc) is 3.09. The lowest BCUT2D eigenvalue weighted by Crippen LogP contribution is -2.21. The molecule has 7 heteroatoms. The third-order valence-corrected chi connectivity index (χ3v) is 4.04. The first-order valence-electron chi connectivity index (χ1n) is 8.81. The normalized spacial score (nSPS) is 10.6. The molecule has 0 aliphatic heterocycles. The third-order valence-electron chi connectivity index (χ3n) is 4.04. The Hall–Kier alpha value is -3.32. The van der Waals surface area contributed by atoms with Crippen molar-refractivity contribution in [1.82, 2.24) is 0 Å². The number of amides is 1. The van der Waals surface area contributed by atoms with Crippen LogP contribution < -0.4 is 10.1 Å². The molecule has 0 bridgehead atoms. The number of hydrogen-bond donors (Lipinski definition) is 1. The van der Waals surface area contributed by atoms with Crippen LogP contribution in [0.1, 0.15) is 23.0 Å². The van der Waals surface area contributed by atoms with E-state index in [1.165, 1.54) is 0 Å². The van der Waals surface area contributed by atoms with Crippen LogP contribution in [0.15, 0.2) is 52.9 Å². The molecule has 0 unspecified atom stereocenters. The molecule has 0 aliphatic rings. The highest BCUT2D eigenvalue weighted by Crippen LogP contribution is 2.27. The minimum Gasteiger partial charge on any atom is -0.497 e. The van der Waals surface area contributed by atoms with Crippen molar-refractivity contribution in [2.45, 2.75) is 13.5 Å². The molecule has 3 aromatic rings. The Morgan fingerprint density at radius 3 is 2.54 bits per heavy atom. The zero-order valence-corrected chi connectivity index (χ0v) is 15.7. The maximum Gasteiger partial charge on any atom is 0.375 e. The first-order chi connectivity index (χ1) is 13.6. The van der Waals surface area contributed by atoms with Crippen LogP contribution in [0.4, 0.5) is 5.69 Å². The van der Waals surface area contributed by atoms with E-state index in [1.54, 1.807) is 37.4 Å². The predicted molar refractivity (Wildman–Crippen MR) is 103 cm³/mol. The number of esters is 1. The van der Waals surface area contributed by atoms with Crippen molar-refractivity contribution in [3.05, 3.63) is 59.9 Å². The lowest BCUT2D eigenvalue weighted by atomic mass is 10.1. The van der Waals surface area contributed by atoms with Crippen LogP contribution >= 0.6 is 0 Å². The van der Waals surface area contributed by atoms with Crippen LogP contribution in [0.3, 0.4) is 0 Å². The van der Waals surface area contributed by atoms with E-state index in [-0.39, 0.29) is 12.4 Å². The number of fused-ring (bicyclic) bond motifs is 1. The number of anilines is 1. The van der Waals surface area contributed by atoms with Crippen molar-refractivity contribution in [2.24, 2.45) is 0 Å². The quantitative estimate of drug-likeness (QED) is 0.596. The summed E-state index contributed by atoms with van der Waals surface area (Å²) in [6.07, 6.45) is 0. The number of carbonyl (C=O) groups excluding carboxylic acids is 2. The lowest BCUT2D eigenvalue weighted by Gasteiger charge is -2.07. The maximum absolute atomic E-state index is 12.5. The van der Waals surface area contributed by atoms with Crippen molar-refractivity contribution < 1.29 is 28.2 Å². The van der Waals surface area contributed by atoms with Gasteiger partial charge in [0.05, 0.1) is 13.7 Å². The highest BCUT2D eigenvalue weighted by molar-refractivity contribution is 5.98. The fraction of sp³-hybridized carbons (Fsp3) is 0.238. The number of benzene rings is 2. The molecule has 1 N–H and O–H groups in total. The fourth-order valence-corrected chi connectivity index (χ4v) is 2.68. The van der Waals surface area contributed by atoms with E-state index in [9.17, 15) is 9.59 Å². The minimum atomic E-state index is -0.712. The Morgan fingerprint density at radius 1 is 1.07 bits per heavy atom. The molecule has 1 amide bonds. The monoisotopic (exact) mass is 383 g/mol. The molecule has 1 heterocycles. The Kier molecular flexibility index (Phi) is 6.29. The van der Waals surface area contributed by atoms with E-state index < -0.39 is 18.5 Å². The number of furan rings is 1. The van der Waals surface area contributed by atoms with Gasteiger partial charge in [-0.25, -0.2) is 4.79 Å². The largest absolute Gasteiger partial charge is 0.497 e. The van der Waals surface area contributed by atoms with Gasteiger partial charge in [-0.05, 0) is 37.3 Å². The molecule has 0 saturated heterocycles. The summed E-state index contributed by atoms with van der Waals surface area (Å²) >= 11 is 0. The molecule has 3 rings (SSSR count). The van der Waals surface area contributed by atoms with Gasteiger partial charge in [0.25, 0.3) is 5.91 Å². The van der Waals surface area contributed by atoms with Crippen LogP contribution in [0.25, 0.3) is 11.0 Å². The van der Waals surface area contributed by atoms with E-state index >= 15 is 0 Å². The molecular weight excluding hydrogens is 362 g/mol. The van der Waals surface area contributed by atoms with E-state index in [4.69, 9.17) is 18.6 Å². The van der Waals surface area contributed by atoms with Crippen molar-refractivity contribution >= 4 is 28.5 Å². The minimum absolute atomic E-state index is 0.0481. The topological polar surface area (TPSA) is 87.0 Å². The second-order valence-corrected chi connectivity index (χ2v) is 5.90. The van der Waals surface area contributed by atoms with Gasteiger partial charge in [0.15, 0.2) is 6.61 Å². The number of rotatable bonds is 8. The summed E-state index contributed by atoms with van der Waals surface area (Å²) in [5.41, 5.74) is 1.74. The summed E-state index contributed by atoms with van der Waals surface area (Å²) in [6, 6.07) is 14.1. The van der Waals surface area contributed by atoms with E-state index in [2.05, 4.69) is 5.32 Å². The second-order valence-electron chi connectivity index (χ2n) is 5.90. The maximum atomic E-state index is 12.5. The van der Waals surface area contributed by atoms with Gasteiger partial charge in [-0.15, -0.1) is 0 Å². The molecule has 0 fully saturated rings. The van der Waals surface area contributed by atoms with Crippen molar-refractivity contribution in [1.29, 1.82) is 0 Å². The predicted octanol–water partition coefficient (Wildman–Crippen LogP) is 3.77. The molecule has 0 atom stereocenters. The molecule has 146 valence electrons. The highest BCUT2D eigenvalue weighted by atomic mass is 16.5. The lowest BCUT2D eigenvalue weighted by molar-refractivity contribution is -0.119. The fourth-order valence-electron chi connectivity index (χ4n) is 2.68. The summed E-state index contributed by atoms with van der Waals surface area (Å²) in [7, 11) is 1.56. The average molecular weight is 383 g/mol. The molecule has 7 nitrogen and oxygen atoms in total. The second kappa shape index (κ2) is 9.05. The zero-order chi connectivity index (χ0) is 19.9. The van der Waals surface area contributed by atoms with Gasteiger partial charge >= 0.3 is 5.97 Å². The molecule has 0 radical (unpaired) electrons. The molecule has 1 aromatic heterocycles. The highest BCUT2D eigenvalue weighted by Gasteiger charge is 2.22. The molecular formula is C21H21NO6. The SMILES string of the molecule is CCOCc1c(C(=O)OCC(=O)Nc2ccc(OC)cc2)oc2ccccc12. The van der Waals surface area contributed by atoms with Crippen molar-refractivity contribution in [3.8, 4) is 5.75 Å². The zero-order valence-electron chi connectivity index (χ0n) is 15.7.